The van der Waals surface area contributed by atoms with Gasteiger partial charge in [-0.1, -0.05) is 17.7 Å². The van der Waals surface area contributed by atoms with Crippen molar-refractivity contribution in [3.8, 4) is 0 Å². The third-order valence-electron chi connectivity index (χ3n) is 2.64. The summed E-state index contributed by atoms with van der Waals surface area (Å²) in [5.41, 5.74) is 1.10. The van der Waals surface area contributed by atoms with Crippen molar-refractivity contribution < 1.29 is 4.79 Å². The quantitative estimate of drug-likeness (QED) is 0.873. The predicted molar refractivity (Wildman–Crippen MR) is 74.2 cm³/mol. The fourth-order valence-electron chi connectivity index (χ4n) is 1.73. The molecule has 18 heavy (non-hydrogen) atoms. The number of carbonyl (C=O) groups is 1. The molecule has 1 aromatic heterocycles. The summed E-state index contributed by atoms with van der Waals surface area (Å²) >= 11 is 6.14. The van der Waals surface area contributed by atoms with Gasteiger partial charge in [0.1, 0.15) is 5.82 Å². The molecule has 0 radical (unpaired) electrons. The van der Waals surface area contributed by atoms with E-state index >= 15 is 0 Å². The summed E-state index contributed by atoms with van der Waals surface area (Å²) in [6, 6.07) is 5.30. The summed E-state index contributed by atoms with van der Waals surface area (Å²) in [6.07, 6.45) is 1.72. The highest BCUT2D eigenvalue weighted by atomic mass is 35.5. The smallest absolute Gasteiger partial charge is 0.320 e. The van der Waals surface area contributed by atoms with Crippen molar-refractivity contribution in [1.29, 1.82) is 0 Å². The summed E-state index contributed by atoms with van der Waals surface area (Å²) in [4.78, 5) is 15.6. The van der Waals surface area contributed by atoms with E-state index in [1.165, 1.54) is 0 Å². The zero-order valence-electron chi connectivity index (χ0n) is 10.2. The van der Waals surface area contributed by atoms with Crippen LogP contribution < -0.4 is 10.6 Å². The summed E-state index contributed by atoms with van der Waals surface area (Å²) in [5, 5.41) is 7.83. The highest BCUT2D eigenvalue weighted by molar-refractivity contribution is 6.35. The molecular formula is C13H14ClN3O. The SMILES string of the molecule is CCNC(=O)Nc1cc2c(Cl)ccc(C)c2cn1. The predicted octanol–water partition coefficient (Wildman–Crippen LogP) is 3.34. The lowest BCUT2D eigenvalue weighted by molar-refractivity contribution is 0.252. The summed E-state index contributed by atoms with van der Waals surface area (Å²) in [7, 11) is 0. The molecule has 1 aromatic carbocycles. The number of halogens is 1. The van der Waals surface area contributed by atoms with Gasteiger partial charge in [0, 0.05) is 28.5 Å². The lowest BCUT2D eigenvalue weighted by Gasteiger charge is -2.08. The second kappa shape index (κ2) is 5.23. The van der Waals surface area contributed by atoms with Gasteiger partial charge < -0.3 is 5.32 Å². The Morgan fingerprint density at radius 2 is 2.17 bits per heavy atom. The second-order valence-corrected chi connectivity index (χ2v) is 4.37. The van der Waals surface area contributed by atoms with Gasteiger partial charge >= 0.3 is 6.03 Å². The molecule has 0 aliphatic rings. The molecule has 2 N–H and O–H groups in total. The van der Waals surface area contributed by atoms with Gasteiger partial charge in [0.25, 0.3) is 0 Å². The molecule has 4 nitrogen and oxygen atoms in total. The Balaban J connectivity index is 2.38. The van der Waals surface area contributed by atoms with Crippen LogP contribution in [0.3, 0.4) is 0 Å². The van der Waals surface area contributed by atoms with E-state index in [0.717, 1.165) is 16.3 Å². The van der Waals surface area contributed by atoms with Gasteiger partial charge in [0.05, 0.1) is 0 Å². The molecule has 0 unspecified atom stereocenters. The van der Waals surface area contributed by atoms with Crippen LogP contribution in [-0.2, 0) is 0 Å². The Morgan fingerprint density at radius 1 is 1.39 bits per heavy atom. The fourth-order valence-corrected chi connectivity index (χ4v) is 1.95. The molecule has 2 amide bonds. The molecule has 0 bridgehead atoms. The summed E-state index contributed by atoms with van der Waals surface area (Å²) in [6.45, 7) is 4.42. The van der Waals surface area contributed by atoms with Crippen LogP contribution in [0.1, 0.15) is 12.5 Å². The van der Waals surface area contributed by atoms with Crippen LogP contribution in [0.5, 0.6) is 0 Å². The van der Waals surface area contributed by atoms with E-state index < -0.39 is 0 Å². The molecule has 0 fully saturated rings. The van der Waals surface area contributed by atoms with Crippen molar-refractivity contribution in [3.63, 3.8) is 0 Å². The zero-order valence-corrected chi connectivity index (χ0v) is 11.0. The number of rotatable bonds is 2. The van der Waals surface area contributed by atoms with E-state index in [-0.39, 0.29) is 6.03 Å². The molecule has 2 aromatic rings. The summed E-state index contributed by atoms with van der Waals surface area (Å²) < 4.78 is 0. The van der Waals surface area contributed by atoms with E-state index in [4.69, 9.17) is 11.6 Å². The van der Waals surface area contributed by atoms with E-state index in [1.54, 1.807) is 12.3 Å². The van der Waals surface area contributed by atoms with Crippen LogP contribution in [0, 0.1) is 6.92 Å². The maximum Gasteiger partial charge on any atom is 0.320 e. The Kier molecular flexibility index (Phi) is 3.67. The molecule has 5 heteroatoms. The molecule has 1 heterocycles. The minimum atomic E-state index is -0.270. The third-order valence-corrected chi connectivity index (χ3v) is 2.97. The van der Waals surface area contributed by atoms with Gasteiger partial charge in [-0.05, 0) is 31.5 Å². The highest BCUT2D eigenvalue weighted by Crippen LogP contribution is 2.27. The number of hydrogen-bond donors (Lipinski definition) is 2. The van der Waals surface area contributed by atoms with Crippen LogP contribution >= 0.6 is 11.6 Å². The number of urea groups is 1. The van der Waals surface area contributed by atoms with Gasteiger partial charge in [-0.3, -0.25) is 5.32 Å². The van der Waals surface area contributed by atoms with Crippen molar-refractivity contribution in [2.75, 3.05) is 11.9 Å². The molecule has 0 atom stereocenters. The van der Waals surface area contributed by atoms with Crippen LogP contribution in [0.4, 0.5) is 10.6 Å². The van der Waals surface area contributed by atoms with Crippen LogP contribution in [0.25, 0.3) is 10.8 Å². The number of nitrogens with one attached hydrogen (secondary N) is 2. The zero-order chi connectivity index (χ0) is 13.1. The van der Waals surface area contributed by atoms with E-state index in [9.17, 15) is 4.79 Å². The number of anilines is 1. The number of fused-ring (bicyclic) bond motifs is 1. The lowest BCUT2D eigenvalue weighted by Crippen LogP contribution is -2.28. The Labute approximate surface area is 110 Å². The highest BCUT2D eigenvalue weighted by Gasteiger charge is 2.06. The number of pyridine rings is 1. The maximum atomic E-state index is 11.4. The number of amides is 2. The first kappa shape index (κ1) is 12.6. The monoisotopic (exact) mass is 263 g/mol. The normalized spacial score (nSPS) is 10.4. The van der Waals surface area contributed by atoms with E-state index in [0.29, 0.717) is 17.4 Å². The first-order chi connectivity index (χ1) is 8.61. The van der Waals surface area contributed by atoms with Crippen molar-refractivity contribution >= 4 is 34.2 Å². The van der Waals surface area contributed by atoms with E-state index in [2.05, 4.69) is 15.6 Å². The van der Waals surface area contributed by atoms with Gasteiger partial charge in [0.2, 0.25) is 0 Å². The topological polar surface area (TPSA) is 54.0 Å². The van der Waals surface area contributed by atoms with Gasteiger partial charge in [-0.15, -0.1) is 0 Å². The number of aryl methyl sites for hydroxylation is 1. The van der Waals surface area contributed by atoms with E-state index in [1.807, 2.05) is 26.0 Å². The van der Waals surface area contributed by atoms with Crippen LogP contribution in [-0.4, -0.2) is 17.6 Å². The number of aromatic nitrogens is 1. The number of nitrogens with zero attached hydrogens (tertiary/aromatic N) is 1. The molecule has 0 aliphatic heterocycles. The van der Waals surface area contributed by atoms with Crippen molar-refractivity contribution in [3.05, 3.63) is 35.0 Å². The molecular weight excluding hydrogens is 250 g/mol. The maximum absolute atomic E-state index is 11.4. The largest absolute Gasteiger partial charge is 0.338 e. The second-order valence-electron chi connectivity index (χ2n) is 3.96. The first-order valence-electron chi connectivity index (χ1n) is 5.71. The minimum Gasteiger partial charge on any atom is -0.338 e. The molecule has 0 saturated heterocycles. The van der Waals surface area contributed by atoms with Crippen molar-refractivity contribution in [1.82, 2.24) is 10.3 Å². The Morgan fingerprint density at radius 3 is 2.89 bits per heavy atom. The average Bonchev–Trinajstić information content (AvgIpc) is 2.34. The minimum absolute atomic E-state index is 0.270. The van der Waals surface area contributed by atoms with Crippen molar-refractivity contribution in [2.24, 2.45) is 0 Å². The Hall–Kier alpha value is -1.81. The average molecular weight is 264 g/mol. The number of benzene rings is 1. The van der Waals surface area contributed by atoms with Gasteiger partial charge in [0.15, 0.2) is 0 Å². The third kappa shape index (κ3) is 2.54. The van der Waals surface area contributed by atoms with Gasteiger partial charge in [-0.2, -0.15) is 0 Å². The molecule has 2 rings (SSSR count). The number of carbonyl (C=O) groups excluding carboxylic acids is 1. The standard InChI is InChI=1S/C13H14ClN3O/c1-3-15-13(18)17-12-6-9-10(7-16-12)8(2)4-5-11(9)14/h4-7H,3H2,1-2H3,(H2,15,16,17,18). The van der Waals surface area contributed by atoms with Crippen LogP contribution in [0.15, 0.2) is 24.4 Å². The molecule has 0 spiro atoms. The first-order valence-corrected chi connectivity index (χ1v) is 6.09. The Bertz CT molecular complexity index is 598. The van der Waals surface area contributed by atoms with Crippen LogP contribution in [0.2, 0.25) is 5.02 Å². The van der Waals surface area contributed by atoms with Crippen molar-refractivity contribution in [2.45, 2.75) is 13.8 Å². The lowest BCUT2D eigenvalue weighted by atomic mass is 10.1. The molecule has 0 saturated carbocycles. The molecule has 0 aliphatic carbocycles. The number of hydrogen-bond acceptors (Lipinski definition) is 2. The fraction of sp³-hybridized carbons (Fsp3) is 0.231. The van der Waals surface area contributed by atoms with Gasteiger partial charge in [-0.25, -0.2) is 9.78 Å². The molecule has 94 valence electrons. The summed E-state index contributed by atoms with van der Waals surface area (Å²) in [5.74, 6) is 0.487.